The lowest BCUT2D eigenvalue weighted by Crippen LogP contribution is -2.14. The van der Waals surface area contributed by atoms with Crippen LogP contribution in [0.25, 0.3) is 0 Å². The molecule has 0 spiro atoms. The molecule has 1 N–H and O–H groups in total. The van der Waals surface area contributed by atoms with Crippen LogP contribution in [0.2, 0.25) is 0 Å². The summed E-state index contributed by atoms with van der Waals surface area (Å²) in [6.45, 7) is 1.68. The molecule has 0 aliphatic rings. The monoisotopic (exact) mass is 363 g/mol. The minimum absolute atomic E-state index is 0.0736. The molecule has 0 saturated heterocycles. The predicted octanol–water partition coefficient (Wildman–Crippen LogP) is 2.37. The van der Waals surface area contributed by atoms with Gasteiger partial charge in [-0.05, 0) is 48.9 Å². The minimum Gasteiger partial charge on any atom is -0.465 e. The minimum atomic E-state index is -3.91. The summed E-state index contributed by atoms with van der Waals surface area (Å²) in [6, 6.07) is 9.95. The number of anilines is 1. The quantitative estimate of drug-likeness (QED) is 0.819. The molecule has 0 unspecified atom stereocenters. The molecular weight excluding hydrogens is 346 g/mol. The fourth-order valence-corrected chi connectivity index (χ4v) is 3.19. The topological polar surface area (TPSA) is 98.8 Å². The van der Waals surface area contributed by atoms with Crippen molar-refractivity contribution in [1.29, 1.82) is 0 Å². The Labute approximate surface area is 145 Å². The van der Waals surface area contributed by atoms with Gasteiger partial charge in [0.2, 0.25) is 0 Å². The SMILES string of the molecule is COC(=O)c1ccc(NS(=O)(=O)c2ccc(C)c(C(=O)OC)c2)cc1. The molecule has 2 aromatic carbocycles. The second-order valence-electron chi connectivity index (χ2n) is 5.14. The highest BCUT2D eigenvalue weighted by atomic mass is 32.2. The first-order valence-electron chi connectivity index (χ1n) is 7.18. The van der Waals surface area contributed by atoms with Gasteiger partial charge in [0.15, 0.2) is 0 Å². The molecule has 0 aliphatic heterocycles. The fourth-order valence-electron chi connectivity index (χ4n) is 2.10. The van der Waals surface area contributed by atoms with Crippen LogP contribution in [0.1, 0.15) is 26.3 Å². The molecule has 0 heterocycles. The van der Waals surface area contributed by atoms with Gasteiger partial charge in [0.1, 0.15) is 0 Å². The van der Waals surface area contributed by atoms with Gasteiger partial charge in [-0.1, -0.05) is 6.07 Å². The predicted molar refractivity (Wildman–Crippen MR) is 91.1 cm³/mol. The highest BCUT2D eigenvalue weighted by molar-refractivity contribution is 7.92. The standard InChI is InChI=1S/C17H17NO6S/c1-11-4-9-14(10-15(11)17(20)24-3)25(21,22)18-13-7-5-12(6-8-13)16(19)23-2/h4-10,18H,1-3H3. The van der Waals surface area contributed by atoms with E-state index in [1.807, 2.05) is 0 Å². The van der Waals surface area contributed by atoms with E-state index in [0.29, 0.717) is 11.1 Å². The van der Waals surface area contributed by atoms with E-state index >= 15 is 0 Å². The molecule has 0 fully saturated rings. The molecule has 0 radical (unpaired) electrons. The molecule has 0 amide bonds. The number of hydrogen-bond acceptors (Lipinski definition) is 6. The molecule has 2 rings (SSSR count). The highest BCUT2D eigenvalue weighted by Gasteiger charge is 2.18. The first kappa shape index (κ1) is 18.5. The number of rotatable bonds is 5. The smallest absolute Gasteiger partial charge is 0.338 e. The van der Waals surface area contributed by atoms with Gasteiger partial charge in [-0.25, -0.2) is 18.0 Å². The molecular formula is C17H17NO6S. The maximum absolute atomic E-state index is 12.5. The van der Waals surface area contributed by atoms with Gasteiger partial charge in [0, 0.05) is 5.69 Å². The summed E-state index contributed by atoms with van der Waals surface area (Å²) in [5.74, 6) is -1.13. The maximum atomic E-state index is 12.5. The Balaban J connectivity index is 2.30. The Kier molecular flexibility index (Phi) is 5.43. The van der Waals surface area contributed by atoms with Gasteiger partial charge in [0.25, 0.3) is 10.0 Å². The normalized spacial score (nSPS) is 10.8. The van der Waals surface area contributed by atoms with Crippen LogP contribution in [-0.2, 0) is 19.5 Å². The Bertz CT molecular complexity index is 903. The van der Waals surface area contributed by atoms with Crippen molar-refractivity contribution in [3.05, 3.63) is 59.2 Å². The number of benzene rings is 2. The zero-order valence-electron chi connectivity index (χ0n) is 13.9. The zero-order valence-corrected chi connectivity index (χ0v) is 14.7. The largest absolute Gasteiger partial charge is 0.465 e. The number of nitrogens with one attached hydrogen (secondary N) is 1. The van der Waals surface area contributed by atoms with Gasteiger partial charge >= 0.3 is 11.9 Å². The van der Waals surface area contributed by atoms with Gasteiger partial charge < -0.3 is 9.47 Å². The van der Waals surface area contributed by atoms with Crippen molar-refractivity contribution in [3.63, 3.8) is 0 Å². The van der Waals surface area contributed by atoms with Crippen molar-refractivity contribution in [2.45, 2.75) is 11.8 Å². The summed E-state index contributed by atoms with van der Waals surface area (Å²) in [4.78, 5) is 23.0. The number of methoxy groups -OCH3 is 2. The molecule has 25 heavy (non-hydrogen) atoms. The molecule has 7 nitrogen and oxygen atoms in total. The highest BCUT2D eigenvalue weighted by Crippen LogP contribution is 2.20. The summed E-state index contributed by atoms with van der Waals surface area (Å²) in [5, 5.41) is 0. The summed E-state index contributed by atoms with van der Waals surface area (Å²) in [5.41, 5.74) is 1.35. The van der Waals surface area contributed by atoms with Crippen molar-refractivity contribution in [2.75, 3.05) is 18.9 Å². The third-order valence-corrected chi connectivity index (χ3v) is 4.86. The van der Waals surface area contributed by atoms with Crippen molar-refractivity contribution >= 4 is 27.6 Å². The molecule has 0 aliphatic carbocycles. The number of sulfonamides is 1. The Morgan fingerprint density at radius 2 is 1.52 bits per heavy atom. The van der Waals surface area contributed by atoms with Crippen molar-refractivity contribution < 1.29 is 27.5 Å². The van der Waals surface area contributed by atoms with E-state index in [1.165, 1.54) is 56.7 Å². The van der Waals surface area contributed by atoms with Crippen LogP contribution < -0.4 is 4.72 Å². The van der Waals surface area contributed by atoms with E-state index in [-0.39, 0.29) is 16.1 Å². The van der Waals surface area contributed by atoms with Crippen LogP contribution in [0.5, 0.6) is 0 Å². The van der Waals surface area contributed by atoms with Crippen LogP contribution in [0, 0.1) is 6.92 Å². The van der Waals surface area contributed by atoms with Crippen LogP contribution in [0.3, 0.4) is 0 Å². The van der Waals surface area contributed by atoms with Crippen molar-refractivity contribution in [1.82, 2.24) is 0 Å². The average molecular weight is 363 g/mol. The van der Waals surface area contributed by atoms with Crippen molar-refractivity contribution in [2.24, 2.45) is 0 Å². The van der Waals surface area contributed by atoms with E-state index in [0.717, 1.165) is 0 Å². The lowest BCUT2D eigenvalue weighted by Gasteiger charge is -2.11. The lowest BCUT2D eigenvalue weighted by atomic mass is 10.1. The third-order valence-electron chi connectivity index (χ3n) is 3.48. The third kappa shape index (κ3) is 4.16. The second-order valence-corrected chi connectivity index (χ2v) is 6.83. The number of ether oxygens (including phenoxy) is 2. The summed E-state index contributed by atoms with van der Waals surface area (Å²) < 4.78 is 36.6. The van der Waals surface area contributed by atoms with Gasteiger partial charge in [-0.15, -0.1) is 0 Å². The number of hydrogen-bond donors (Lipinski definition) is 1. The Morgan fingerprint density at radius 3 is 2.08 bits per heavy atom. The van der Waals surface area contributed by atoms with E-state index < -0.39 is 22.0 Å². The summed E-state index contributed by atoms with van der Waals surface area (Å²) in [6.07, 6.45) is 0. The molecule has 8 heteroatoms. The molecule has 0 bridgehead atoms. The van der Waals surface area contributed by atoms with Crippen LogP contribution in [0.4, 0.5) is 5.69 Å². The van der Waals surface area contributed by atoms with E-state index in [4.69, 9.17) is 0 Å². The van der Waals surface area contributed by atoms with Gasteiger partial charge in [-0.3, -0.25) is 4.72 Å². The zero-order chi connectivity index (χ0) is 18.6. The summed E-state index contributed by atoms with van der Waals surface area (Å²) in [7, 11) is -1.42. The average Bonchev–Trinajstić information content (AvgIpc) is 2.61. The first-order valence-corrected chi connectivity index (χ1v) is 8.67. The molecule has 0 aromatic heterocycles. The molecule has 0 saturated carbocycles. The maximum Gasteiger partial charge on any atom is 0.338 e. The fraction of sp³-hybridized carbons (Fsp3) is 0.176. The molecule has 132 valence electrons. The first-order chi connectivity index (χ1) is 11.8. The molecule has 2 aromatic rings. The lowest BCUT2D eigenvalue weighted by molar-refractivity contribution is 0.0591. The Hall–Kier alpha value is -2.87. The van der Waals surface area contributed by atoms with E-state index in [1.54, 1.807) is 6.92 Å². The molecule has 0 atom stereocenters. The van der Waals surface area contributed by atoms with Crippen LogP contribution in [0.15, 0.2) is 47.4 Å². The van der Waals surface area contributed by atoms with Crippen molar-refractivity contribution in [3.8, 4) is 0 Å². The number of aryl methyl sites for hydroxylation is 1. The van der Waals surface area contributed by atoms with Gasteiger partial charge in [-0.2, -0.15) is 0 Å². The number of carbonyl (C=O) groups is 2. The van der Waals surface area contributed by atoms with Crippen LogP contribution in [-0.4, -0.2) is 34.6 Å². The van der Waals surface area contributed by atoms with E-state index in [2.05, 4.69) is 14.2 Å². The Morgan fingerprint density at radius 1 is 0.920 bits per heavy atom. The number of carbonyl (C=O) groups excluding carboxylic acids is 2. The number of esters is 2. The second kappa shape index (κ2) is 7.35. The summed E-state index contributed by atoms with van der Waals surface area (Å²) >= 11 is 0. The van der Waals surface area contributed by atoms with Gasteiger partial charge in [0.05, 0.1) is 30.2 Å². The van der Waals surface area contributed by atoms with Crippen LogP contribution >= 0.6 is 0 Å². The van der Waals surface area contributed by atoms with E-state index in [9.17, 15) is 18.0 Å².